The number of anilines is 1. The number of ketones is 1. The van der Waals surface area contributed by atoms with Gasteiger partial charge >= 0.3 is 32.0 Å². The number of carboxylic acids is 1. The van der Waals surface area contributed by atoms with E-state index in [2.05, 4.69) is 20.3 Å². The predicted octanol–water partition coefficient (Wildman–Crippen LogP) is 4.42. The zero-order valence-corrected chi connectivity index (χ0v) is 33.2. The molecule has 28 heteroatoms. The molecule has 57 heavy (non-hydrogen) atoms. The maximum Gasteiger partial charge on any atom is 0.416 e. The summed E-state index contributed by atoms with van der Waals surface area (Å²) in [6.07, 6.45) is -0.840. The summed E-state index contributed by atoms with van der Waals surface area (Å²) < 4.78 is 129. The van der Waals surface area contributed by atoms with E-state index in [1.807, 2.05) is 0 Å². The van der Waals surface area contributed by atoms with Crippen molar-refractivity contribution < 1.29 is 72.4 Å². The molecule has 0 atom stereocenters. The Morgan fingerprint density at radius 2 is 1.67 bits per heavy atom. The Hall–Kier alpha value is -4.23. The number of hydrogen-bond acceptors (Lipinski definition) is 12. The fourth-order valence-electron chi connectivity index (χ4n) is 4.54. The summed E-state index contributed by atoms with van der Waals surface area (Å²) in [5.74, 6) is -1.70. The van der Waals surface area contributed by atoms with Gasteiger partial charge in [-0.25, -0.2) is 26.2 Å². The first-order chi connectivity index (χ1) is 26.0. The SMILES string of the molecule is CS(=O)(=O)c1cc(C(F)(F)F)ccc1C(=O)c1cnoc1C1CC1.Cc1nn(-c2cc(NS(C)(=O)=O)c(Cl)cc2Cl)c(=O)n1C(F)F.O=C(O)CNCP(=O)(O)O. The van der Waals surface area contributed by atoms with Crippen molar-refractivity contribution in [1.29, 1.82) is 0 Å². The van der Waals surface area contributed by atoms with Gasteiger partial charge in [0.15, 0.2) is 21.4 Å². The van der Waals surface area contributed by atoms with E-state index in [1.54, 1.807) is 0 Å². The van der Waals surface area contributed by atoms with Crippen LogP contribution in [-0.2, 0) is 35.4 Å². The summed E-state index contributed by atoms with van der Waals surface area (Å²) in [7, 11) is -11.8. The molecule has 0 amide bonds. The number of alkyl halides is 5. The molecule has 0 radical (unpaired) electrons. The molecule has 2 heterocycles. The second-order valence-corrected chi connectivity index (χ2v) is 18.1. The summed E-state index contributed by atoms with van der Waals surface area (Å²) in [4.78, 5) is 50.1. The molecular weight excluding hydrogens is 885 g/mol. The maximum atomic E-state index is 12.8. The third-order valence-electron chi connectivity index (χ3n) is 7.07. The number of carbonyl (C=O) groups is 2. The van der Waals surface area contributed by atoms with Gasteiger partial charge in [0, 0.05) is 17.7 Å². The first-order valence-corrected chi connectivity index (χ1v) is 21.7. The Balaban J connectivity index is 0.000000249. The highest BCUT2D eigenvalue weighted by atomic mass is 35.5. The highest BCUT2D eigenvalue weighted by Gasteiger charge is 2.36. The molecule has 1 aliphatic rings. The molecule has 1 aliphatic carbocycles. The van der Waals surface area contributed by atoms with E-state index in [1.165, 1.54) is 19.2 Å². The van der Waals surface area contributed by atoms with Crippen LogP contribution in [0.3, 0.4) is 0 Å². The summed E-state index contributed by atoms with van der Waals surface area (Å²) in [6.45, 7) is -2.29. The van der Waals surface area contributed by atoms with Crippen molar-refractivity contribution in [2.24, 2.45) is 0 Å². The average molecular weight is 916 g/mol. The third kappa shape index (κ3) is 13.4. The number of carbonyl (C=O) groups excluding carboxylic acids is 1. The third-order valence-corrected chi connectivity index (χ3v) is 10.1. The molecule has 314 valence electrons. The summed E-state index contributed by atoms with van der Waals surface area (Å²) in [5.41, 5.74) is -2.64. The summed E-state index contributed by atoms with van der Waals surface area (Å²) in [5, 5.41) is 17.2. The predicted molar refractivity (Wildman–Crippen MR) is 191 cm³/mol. The number of aliphatic carboxylic acids is 1. The van der Waals surface area contributed by atoms with Crippen molar-refractivity contribution in [3.63, 3.8) is 0 Å². The van der Waals surface area contributed by atoms with Crippen LogP contribution in [0.4, 0.5) is 27.6 Å². The number of nitrogens with one attached hydrogen (secondary N) is 2. The van der Waals surface area contributed by atoms with Gasteiger partial charge in [-0.05, 0) is 50.1 Å². The summed E-state index contributed by atoms with van der Waals surface area (Å²) >= 11 is 11.8. The van der Waals surface area contributed by atoms with E-state index >= 15 is 0 Å². The van der Waals surface area contributed by atoms with Gasteiger partial charge in [0.05, 0.1) is 62.7 Å². The molecule has 4 aromatic rings. The topological polar surface area (TPSA) is 270 Å². The molecule has 18 nitrogen and oxygen atoms in total. The van der Waals surface area contributed by atoms with Gasteiger partial charge < -0.3 is 19.4 Å². The van der Waals surface area contributed by atoms with Crippen LogP contribution >= 0.6 is 30.8 Å². The number of halogens is 7. The van der Waals surface area contributed by atoms with Crippen LogP contribution in [0.5, 0.6) is 0 Å². The highest BCUT2D eigenvalue weighted by molar-refractivity contribution is 7.92. The Morgan fingerprint density at radius 1 is 1.05 bits per heavy atom. The fraction of sp³-hybridized carbons (Fsp3) is 0.345. The zero-order chi connectivity index (χ0) is 43.4. The molecule has 2 aromatic heterocycles. The van der Waals surface area contributed by atoms with Crippen LogP contribution < -0.4 is 15.7 Å². The van der Waals surface area contributed by atoms with Crippen LogP contribution in [-0.4, -0.2) is 88.3 Å². The van der Waals surface area contributed by atoms with Crippen molar-refractivity contribution >= 4 is 68.1 Å². The number of aromatic nitrogens is 4. The highest BCUT2D eigenvalue weighted by Crippen LogP contribution is 2.42. The second-order valence-electron chi connectivity index (χ2n) is 11.9. The number of benzene rings is 2. The van der Waals surface area contributed by atoms with Gasteiger partial charge in [0.2, 0.25) is 10.0 Å². The van der Waals surface area contributed by atoms with Crippen LogP contribution in [0.1, 0.15) is 58.4 Å². The molecule has 5 rings (SSSR count). The van der Waals surface area contributed by atoms with E-state index in [0.717, 1.165) is 37.5 Å². The average Bonchev–Trinajstić information content (AvgIpc) is 3.69. The second kappa shape index (κ2) is 18.1. The molecule has 1 fully saturated rings. The lowest BCUT2D eigenvalue weighted by molar-refractivity contribution is -0.138. The molecule has 1 saturated carbocycles. The van der Waals surface area contributed by atoms with Gasteiger partial charge in [-0.3, -0.25) is 24.2 Å². The standard InChI is InChI=1S/C15H12F3NO4S.C11H10Cl2F2N4O3S.C3H8NO5P/c1-24(21,22)12-6-9(15(16,17)18)4-5-10(12)13(20)11-7-19-23-14(11)8-2-3-8;1-5-16-19(11(20)18(5)10(14)15)9-4-8(17-23(2,21)22)6(12)3-7(9)13;5-3(6)1-4-2-10(7,8)9/h4-8H,2-3H2,1H3;3-4,10,17H,1-2H3;4H,1-2H2,(H,5,6)(H2,7,8,9). The number of rotatable bonds is 12. The number of sulfone groups is 1. The normalized spacial score (nSPS) is 13.4. The molecule has 0 saturated heterocycles. The van der Waals surface area contributed by atoms with Crippen molar-refractivity contribution in [3.8, 4) is 5.69 Å². The van der Waals surface area contributed by atoms with Crippen molar-refractivity contribution in [1.82, 2.24) is 24.8 Å². The Kier molecular flexibility index (Phi) is 15.0. The molecule has 5 N–H and O–H groups in total. The number of hydrogen-bond donors (Lipinski definition) is 5. The minimum Gasteiger partial charge on any atom is -0.480 e. The maximum absolute atomic E-state index is 12.8. The summed E-state index contributed by atoms with van der Waals surface area (Å²) in [6, 6.07) is 4.36. The van der Waals surface area contributed by atoms with Crippen LogP contribution in [0.25, 0.3) is 5.69 Å². The van der Waals surface area contributed by atoms with Gasteiger partial charge in [0.25, 0.3) is 0 Å². The lowest BCUT2D eigenvalue weighted by Crippen LogP contribution is -2.25. The van der Waals surface area contributed by atoms with Crippen LogP contribution in [0, 0.1) is 6.92 Å². The van der Waals surface area contributed by atoms with Gasteiger partial charge in [-0.1, -0.05) is 28.4 Å². The fourth-order valence-corrected chi connectivity index (χ4v) is 6.98. The Labute approximate surface area is 328 Å². The van der Waals surface area contributed by atoms with E-state index in [-0.39, 0.29) is 48.9 Å². The minimum absolute atomic E-state index is 0.0257. The monoisotopic (exact) mass is 914 g/mol. The molecule has 0 aliphatic heterocycles. The lowest BCUT2D eigenvalue weighted by Gasteiger charge is -2.11. The van der Waals surface area contributed by atoms with Gasteiger partial charge in [-0.2, -0.15) is 26.6 Å². The molecule has 0 bridgehead atoms. The molecule has 2 aromatic carbocycles. The largest absolute Gasteiger partial charge is 0.480 e. The van der Waals surface area contributed by atoms with Crippen LogP contribution in [0.15, 0.2) is 50.7 Å². The van der Waals surface area contributed by atoms with Crippen molar-refractivity contribution in [2.75, 3.05) is 30.1 Å². The van der Waals surface area contributed by atoms with Gasteiger partial charge in [0.1, 0.15) is 5.82 Å². The van der Waals surface area contributed by atoms with E-state index < -0.39 is 80.9 Å². The number of carboxylic acid groups (broad SMARTS) is 1. The van der Waals surface area contributed by atoms with E-state index in [4.69, 9.17) is 42.6 Å². The molecule has 0 spiro atoms. The molecular formula is C29H30Cl2F5N6O12PS2. The lowest BCUT2D eigenvalue weighted by atomic mass is 10.0. The minimum atomic E-state index is -4.71. The Morgan fingerprint density at radius 3 is 2.14 bits per heavy atom. The Bertz CT molecular complexity index is 2490. The number of nitrogens with zero attached hydrogens (tertiary/aromatic N) is 4. The van der Waals surface area contributed by atoms with Crippen molar-refractivity contribution in [2.45, 2.75) is 43.3 Å². The van der Waals surface area contributed by atoms with E-state index in [0.29, 0.717) is 22.6 Å². The van der Waals surface area contributed by atoms with E-state index in [9.17, 15) is 57.7 Å². The zero-order valence-electron chi connectivity index (χ0n) is 29.2. The number of sulfonamides is 1. The quantitative estimate of drug-likeness (QED) is 0.0748. The van der Waals surface area contributed by atoms with Gasteiger partial charge in [-0.15, -0.1) is 5.10 Å². The smallest absolute Gasteiger partial charge is 0.416 e. The van der Waals surface area contributed by atoms with Crippen molar-refractivity contribution in [3.05, 3.63) is 85.3 Å². The molecule has 0 unspecified atom stereocenters. The first kappa shape index (κ1) is 47.1. The number of aryl methyl sites for hydroxylation is 1. The van der Waals surface area contributed by atoms with Crippen LogP contribution in [0.2, 0.25) is 10.0 Å². The first-order valence-electron chi connectivity index (χ1n) is 15.3.